The molecule has 1 fully saturated rings. The van der Waals surface area contributed by atoms with Crippen LogP contribution in [0.5, 0.6) is 11.5 Å². The third-order valence-corrected chi connectivity index (χ3v) is 5.80. The van der Waals surface area contributed by atoms with Crippen LogP contribution in [0, 0.1) is 0 Å². The number of aromatic nitrogens is 2. The quantitative estimate of drug-likeness (QED) is 0.569. The number of carbonyl (C=O) groups is 1. The topological polar surface area (TPSA) is 67.4 Å². The van der Waals surface area contributed by atoms with Crippen LogP contribution >= 0.6 is 11.6 Å². The Labute approximate surface area is 187 Å². The number of aromatic amines is 1. The molecule has 0 aliphatic carbocycles. The molecular weight excluding hydrogens is 414 g/mol. The molecule has 1 amide bonds. The lowest BCUT2D eigenvalue weighted by molar-refractivity contribution is -0.129. The van der Waals surface area contributed by atoms with Gasteiger partial charge in [-0.2, -0.15) is 5.10 Å². The van der Waals surface area contributed by atoms with Crippen molar-refractivity contribution in [1.82, 2.24) is 15.1 Å². The number of nitrogens with one attached hydrogen (secondary N) is 1. The maximum Gasteiger partial charge on any atom is 0.227 e. The van der Waals surface area contributed by atoms with Gasteiger partial charge in [0.2, 0.25) is 5.91 Å². The van der Waals surface area contributed by atoms with Gasteiger partial charge in [-0.05, 0) is 48.4 Å². The molecule has 1 N–H and O–H groups in total. The van der Waals surface area contributed by atoms with E-state index in [0.29, 0.717) is 24.6 Å². The second-order valence-electron chi connectivity index (χ2n) is 7.72. The number of ether oxygens (including phenoxy) is 2. The molecule has 4 rings (SSSR count). The van der Waals surface area contributed by atoms with Crippen LogP contribution in [-0.4, -0.2) is 47.8 Å². The van der Waals surface area contributed by atoms with E-state index in [0.717, 1.165) is 47.8 Å². The van der Waals surface area contributed by atoms with Gasteiger partial charge in [-0.1, -0.05) is 29.8 Å². The summed E-state index contributed by atoms with van der Waals surface area (Å²) in [6.45, 7) is 2.01. The van der Waals surface area contributed by atoms with Crippen LogP contribution in [-0.2, 0) is 17.6 Å². The third-order valence-electron chi connectivity index (χ3n) is 5.56. The Morgan fingerprint density at radius 3 is 2.81 bits per heavy atom. The highest BCUT2D eigenvalue weighted by Gasteiger charge is 2.28. The van der Waals surface area contributed by atoms with Crippen molar-refractivity contribution in [2.24, 2.45) is 0 Å². The maximum atomic E-state index is 12.7. The lowest BCUT2D eigenvalue weighted by Crippen LogP contribution is -2.29. The normalized spacial score (nSPS) is 15.8. The molecule has 2 aromatic carbocycles. The fourth-order valence-electron chi connectivity index (χ4n) is 3.81. The molecule has 0 spiro atoms. The van der Waals surface area contributed by atoms with Crippen molar-refractivity contribution >= 4 is 17.5 Å². The van der Waals surface area contributed by atoms with Crippen molar-refractivity contribution in [1.29, 1.82) is 0 Å². The van der Waals surface area contributed by atoms with Crippen molar-refractivity contribution in [3.8, 4) is 11.5 Å². The van der Waals surface area contributed by atoms with Crippen molar-refractivity contribution in [3.63, 3.8) is 0 Å². The molecule has 1 atom stereocenters. The Morgan fingerprint density at radius 2 is 2.03 bits per heavy atom. The zero-order valence-corrected chi connectivity index (χ0v) is 18.3. The third kappa shape index (κ3) is 5.58. The first-order valence-electron chi connectivity index (χ1n) is 10.4. The monoisotopic (exact) mass is 439 g/mol. The molecule has 1 aliphatic rings. The smallest absolute Gasteiger partial charge is 0.227 e. The highest BCUT2D eigenvalue weighted by Crippen LogP contribution is 2.27. The first kappa shape index (κ1) is 21.2. The fourth-order valence-corrected chi connectivity index (χ4v) is 3.99. The molecular formula is C24H26ClN3O3. The minimum absolute atomic E-state index is 0.151. The molecule has 1 aliphatic heterocycles. The SMILES string of the molecule is COc1ccc(CC(=O)N2CC[C@@H](c3cc(CCOc4cccc(Cl)c4)[nH]n3)C2)cc1. The summed E-state index contributed by atoms with van der Waals surface area (Å²) >= 11 is 5.98. The number of hydrogen-bond acceptors (Lipinski definition) is 4. The summed E-state index contributed by atoms with van der Waals surface area (Å²) in [5.41, 5.74) is 3.04. The molecule has 31 heavy (non-hydrogen) atoms. The van der Waals surface area contributed by atoms with E-state index < -0.39 is 0 Å². The van der Waals surface area contributed by atoms with Crippen LogP contribution in [0.3, 0.4) is 0 Å². The molecule has 0 saturated carbocycles. The van der Waals surface area contributed by atoms with Crippen LogP contribution < -0.4 is 9.47 Å². The average molecular weight is 440 g/mol. The van der Waals surface area contributed by atoms with E-state index in [2.05, 4.69) is 16.3 Å². The highest BCUT2D eigenvalue weighted by atomic mass is 35.5. The Balaban J connectivity index is 1.26. The van der Waals surface area contributed by atoms with Crippen molar-refractivity contribution in [2.45, 2.75) is 25.2 Å². The number of rotatable bonds is 8. The number of hydrogen-bond donors (Lipinski definition) is 1. The van der Waals surface area contributed by atoms with Gasteiger partial charge in [0.25, 0.3) is 0 Å². The second kappa shape index (κ2) is 9.88. The van der Waals surface area contributed by atoms with Gasteiger partial charge in [0.15, 0.2) is 0 Å². The van der Waals surface area contributed by atoms with Crippen LogP contribution in [0.25, 0.3) is 0 Å². The molecule has 1 saturated heterocycles. The molecule has 3 aromatic rings. The van der Waals surface area contributed by atoms with Gasteiger partial charge in [0, 0.05) is 36.1 Å². The Kier molecular flexibility index (Phi) is 6.77. The van der Waals surface area contributed by atoms with E-state index in [1.54, 1.807) is 13.2 Å². The number of halogens is 1. The van der Waals surface area contributed by atoms with Gasteiger partial charge in [0.1, 0.15) is 11.5 Å². The van der Waals surface area contributed by atoms with Gasteiger partial charge in [-0.3, -0.25) is 9.89 Å². The zero-order chi connectivity index (χ0) is 21.6. The van der Waals surface area contributed by atoms with Crippen LogP contribution in [0.4, 0.5) is 0 Å². The van der Waals surface area contributed by atoms with E-state index in [-0.39, 0.29) is 11.8 Å². The lowest BCUT2D eigenvalue weighted by atomic mass is 10.0. The minimum Gasteiger partial charge on any atom is -0.497 e. The van der Waals surface area contributed by atoms with Crippen molar-refractivity contribution < 1.29 is 14.3 Å². The standard InChI is InChI=1S/C24H26ClN3O3/c1-30-21-7-5-17(6-8-21)13-24(29)28-11-9-18(16-28)23-15-20(26-27-23)10-12-31-22-4-2-3-19(25)14-22/h2-8,14-15,18H,9-13,16H2,1H3,(H,26,27)/t18-/m1/s1. The second-order valence-corrected chi connectivity index (χ2v) is 8.16. The van der Waals surface area contributed by atoms with Gasteiger partial charge < -0.3 is 14.4 Å². The molecule has 2 heterocycles. The largest absolute Gasteiger partial charge is 0.497 e. The summed E-state index contributed by atoms with van der Waals surface area (Å²) in [5.74, 6) is 1.97. The molecule has 6 nitrogen and oxygen atoms in total. The van der Waals surface area contributed by atoms with E-state index >= 15 is 0 Å². The number of likely N-dealkylation sites (tertiary alicyclic amines) is 1. The summed E-state index contributed by atoms with van der Waals surface area (Å²) in [5, 5.41) is 8.25. The van der Waals surface area contributed by atoms with Crippen LogP contribution in [0.2, 0.25) is 5.02 Å². The number of benzene rings is 2. The minimum atomic E-state index is 0.151. The van der Waals surface area contributed by atoms with E-state index in [1.165, 1.54) is 0 Å². The van der Waals surface area contributed by atoms with E-state index in [4.69, 9.17) is 21.1 Å². The van der Waals surface area contributed by atoms with Crippen molar-refractivity contribution in [3.05, 3.63) is 76.6 Å². The summed E-state index contributed by atoms with van der Waals surface area (Å²) in [4.78, 5) is 14.6. The Morgan fingerprint density at radius 1 is 1.19 bits per heavy atom. The van der Waals surface area contributed by atoms with Crippen LogP contribution in [0.15, 0.2) is 54.6 Å². The summed E-state index contributed by atoms with van der Waals surface area (Å²) < 4.78 is 10.9. The Hall–Kier alpha value is -2.99. The Bertz CT molecular complexity index is 1020. The zero-order valence-electron chi connectivity index (χ0n) is 17.5. The predicted molar refractivity (Wildman–Crippen MR) is 120 cm³/mol. The summed E-state index contributed by atoms with van der Waals surface area (Å²) in [6, 6.07) is 17.1. The van der Waals surface area contributed by atoms with Gasteiger partial charge in [0.05, 0.1) is 25.8 Å². The van der Waals surface area contributed by atoms with Gasteiger partial charge in [-0.15, -0.1) is 0 Å². The molecule has 162 valence electrons. The maximum absolute atomic E-state index is 12.7. The van der Waals surface area contributed by atoms with Gasteiger partial charge in [-0.25, -0.2) is 0 Å². The first-order chi connectivity index (χ1) is 15.1. The van der Waals surface area contributed by atoms with Crippen molar-refractivity contribution in [2.75, 3.05) is 26.8 Å². The van der Waals surface area contributed by atoms with Gasteiger partial charge >= 0.3 is 0 Å². The molecule has 0 bridgehead atoms. The molecule has 7 heteroatoms. The van der Waals surface area contributed by atoms with E-state index in [9.17, 15) is 4.79 Å². The predicted octanol–water partition coefficient (Wildman–Crippen LogP) is 4.25. The lowest BCUT2D eigenvalue weighted by Gasteiger charge is -2.16. The van der Waals surface area contributed by atoms with Crippen LogP contribution in [0.1, 0.15) is 29.3 Å². The number of carbonyl (C=O) groups excluding carboxylic acids is 1. The summed E-state index contributed by atoms with van der Waals surface area (Å²) in [6.07, 6.45) is 2.06. The highest BCUT2D eigenvalue weighted by molar-refractivity contribution is 6.30. The molecule has 0 radical (unpaired) electrons. The molecule has 1 aromatic heterocycles. The number of nitrogens with zero attached hydrogens (tertiary/aromatic N) is 2. The number of H-pyrrole nitrogens is 1. The number of amides is 1. The summed E-state index contributed by atoms with van der Waals surface area (Å²) in [7, 11) is 1.64. The average Bonchev–Trinajstić information content (AvgIpc) is 3.44. The van der Waals surface area contributed by atoms with E-state index in [1.807, 2.05) is 47.4 Å². The first-order valence-corrected chi connectivity index (χ1v) is 10.8. The fraction of sp³-hybridized carbons (Fsp3) is 0.333. The molecule has 0 unspecified atom stereocenters. The number of methoxy groups -OCH3 is 1.